The van der Waals surface area contributed by atoms with E-state index in [1.165, 1.54) is 0 Å². The topological polar surface area (TPSA) is 51.5 Å². The SMILES string of the molecule is COC1COCC[N+]1(C=C(C#N)Cc1ccccc1)OCc1ccccc1. The number of quaternary nitrogens is 1. The molecule has 0 saturated carbocycles. The summed E-state index contributed by atoms with van der Waals surface area (Å²) in [5.41, 5.74) is 2.82. The highest BCUT2D eigenvalue weighted by Crippen LogP contribution is 2.25. The van der Waals surface area contributed by atoms with Gasteiger partial charge in [-0.2, -0.15) is 10.1 Å². The number of hydrogen-bond donors (Lipinski definition) is 0. The summed E-state index contributed by atoms with van der Waals surface area (Å²) in [5, 5.41) is 9.72. The Morgan fingerprint density at radius 2 is 1.81 bits per heavy atom. The minimum atomic E-state index is -0.318. The van der Waals surface area contributed by atoms with Gasteiger partial charge in [0.15, 0.2) is 0 Å². The van der Waals surface area contributed by atoms with Crippen molar-refractivity contribution in [2.45, 2.75) is 19.3 Å². The van der Waals surface area contributed by atoms with Crippen molar-refractivity contribution in [2.24, 2.45) is 0 Å². The summed E-state index contributed by atoms with van der Waals surface area (Å²) >= 11 is 0. The van der Waals surface area contributed by atoms with E-state index in [0.717, 1.165) is 11.1 Å². The van der Waals surface area contributed by atoms with Crippen LogP contribution >= 0.6 is 0 Å². The van der Waals surface area contributed by atoms with Crippen molar-refractivity contribution in [2.75, 3.05) is 26.9 Å². The maximum atomic E-state index is 9.72. The van der Waals surface area contributed by atoms with Crippen LogP contribution in [0.4, 0.5) is 0 Å². The molecule has 0 aliphatic carbocycles. The molecule has 0 N–H and O–H groups in total. The van der Waals surface area contributed by atoms with Crippen LogP contribution in [0.2, 0.25) is 0 Å². The first-order valence-corrected chi connectivity index (χ1v) is 9.08. The average Bonchev–Trinajstić information content (AvgIpc) is 2.73. The van der Waals surface area contributed by atoms with E-state index in [9.17, 15) is 5.26 Å². The van der Waals surface area contributed by atoms with Crippen molar-refractivity contribution in [3.8, 4) is 6.07 Å². The molecular weight excluding hydrogens is 340 g/mol. The molecule has 0 spiro atoms. The van der Waals surface area contributed by atoms with Gasteiger partial charge in [-0.05, 0) is 11.1 Å². The Balaban J connectivity index is 1.87. The molecule has 1 aliphatic rings. The van der Waals surface area contributed by atoms with Crippen molar-refractivity contribution in [1.82, 2.24) is 0 Å². The van der Waals surface area contributed by atoms with Gasteiger partial charge in [-0.15, -0.1) is 4.65 Å². The van der Waals surface area contributed by atoms with Crippen LogP contribution in [0.25, 0.3) is 0 Å². The number of allylic oxidation sites excluding steroid dienone is 1. The monoisotopic (exact) mass is 365 g/mol. The fourth-order valence-electron chi connectivity index (χ4n) is 3.20. The van der Waals surface area contributed by atoms with Gasteiger partial charge in [0.2, 0.25) is 0 Å². The molecule has 1 saturated heterocycles. The maximum Gasteiger partial charge on any atom is 0.251 e. The Hall–Kier alpha value is -2.49. The van der Waals surface area contributed by atoms with Crippen LogP contribution in [0.15, 0.2) is 72.4 Å². The molecule has 2 aromatic rings. The summed E-state index contributed by atoms with van der Waals surface area (Å²) in [4.78, 5) is 6.34. The minimum absolute atomic E-state index is 0.126. The van der Waals surface area contributed by atoms with Crippen LogP contribution in [0.3, 0.4) is 0 Å². The highest BCUT2D eigenvalue weighted by atomic mass is 16.8. The zero-order valence-electron chi connectivity index (χ0n) is 15.6. The number of nitriles is 1. The highest BCUT2D eigenvalue weighted by Gasteiger charge is 2.42. The van der Waals surface area contributed by atoms with E-state index < -0.39 is 0 Å². The third-order valence-electron chi connectivity index (χ3n) is 4.67. The Kier molecular flexibility index (Phi) is 6.74. The summed E-state index contributed by atoms with van der Waals surface area (Å²) < 4.78 is 11.4. The van der Waals surface area contributed by atoms with Gasteiger partial charge in [-0.1, -0.05) is 60.7 Å². The lowest BCUT2D eigenvalue weighted by molar-refractivity contribution is -1.11. The van der Waals surface area contributed by atoms with Gasteiger partial charge >= 0.3 is 0 Å². The minimum Gasteiger partial charge on any atom is -0.366 e. The van der Waals surface area contributed by atoms with Crippen LogP contribution in [0.1, 0.15) is 11.1 Å². The van der Waals surface area contributed by atoms with Gasteiger partial charge in [0.1, 0.15) is 32.0 Å². The predicted molar refractivity (Wildman–Crippen MR) is 102 cm³/mol. The van der Waals surface area contributed by atoms with Crippen molar-refractivity contribution < 1.29 is 19.0 Å². The molecular formula is C22H25N2O3+. The quantitative estimate of drug-likeness (QED) is 0.556. The second kappa shape index (κ2) is 9.45. The number of ether oxygens (including phenoxy) is 2. The van der Waals surface area contributed by atoms with Crippen LogP contribution in [0, 0.1) is 11.3 Å². The Labute approximate surface area is 160 Å². The van der Waals surface area contributed by atoms with Gasteiger partial charge in [0.05, 0.1) is 12.2 Å². The number of rotatable bonds is 7. The van der Waals surface area contributed by atoms with E-state index in [2.05, 4.69) is 6.07 Å². The van der Waals surface area contributed by atoms with E-state index in [4.69, 9.17) is 14.3 Å². The number of morpholine rings is 1. The molecule has 0 bridgehead atoms. The fourth-order valence-corrected chi connectivity index (χ4v) is 3.20. The van der Waals surface area contributed by atoms with Crippen molar-refractivity contribution in [3.05, 3.63) is 83.6 Å². The van der Waals surface area contributed by atoms with Crippen LogP contribution in [-0.4, -0.2) is 37.7 Å². The van der Waals surface area contributed by atoms with Crippen molar-refractivity contribution >= 4 is 0 Å². The first kappa shape index (κ1) is 19.3. The summed E-state index contributed by atoms with van der Waals surface area (Å²) in [6.45, 7) is 1.99. The van der Waals surface area contributed by atoms with Gasteiger partial charge < -0.3 is 9.47 Å². The van der Waals surface area contributed by atoms with Gasteiger partial charge in [0, 0.05) is 13.5 Å². The summed E-state index contributed by atoms with van der Waals surface area (Å²) in [6.07, 6.45) is 2.14. The molecule has 5 nitrogen and oxygen atoms in total. The number of hydroxylamine groups is 3. The molecule has 0 radical (unpaired) electrons. The molecule has 0 amide bonds. The third-order valence-corrected chi connectivity index (χ3v) is 4.67. The predicted octanol–water partition coefficient (Wildman–Crippen LogP) is 3.59. The van der Waals surface area contributed by atoms with E-state index >= 15 is 0 Å². The van der Waals surface area contributed by atoms with E-state index in [-0.39, 0.29) is 10.9 Å². The second-order valence-corrected chi connectivity index (χ2v) is 6.53. The fraction of sp³-hybridized carbons (Fsp3) is 0.318. The summed E-state index contributed by atoms with van der Waals surface area (Å²) in [6, 6.07) is 22.3. The zero-order chi connectivity index (χ0) is 19.0. The molecule has 2 aromatic carbocycles. The first-order chi connectivity index (χ1) is 13.3. The lowest BCUT2D eigenvalue weighted by Gasteiger charge is -2.40. The zero-order valence-corrected chi connectivity index (χ0v) is 15.6. The molecule has 2 atom stereocenters. The normalized spacial score (nSPS) is 23.0. The second-order valence-electron chi connectivity index (χ2n) is 6.53. The molecule has 1 heterocycles. The Morgan fingerprint density at radius 3 is 2.44 bits per heavy atom. The van der Waals surface area contributed by atoms with Crippen LogP contribution in [-0.2, 0) is 27.3 Å². The lowest BCUT2D eigenvalue weighted by atomic mass is 10.1. The Morgan fingerprint density at radius 1 is 1.15 bits per heavy atom. The molecule has 3 rings (SSSR count). The molecule has 0 aromatic heterocycles. The summed E-state index contributed by atoms with van der Waals surface area (Å²) in [5.74, 6) is 0. The molecule has 1 fully saturated rings. The van der Waals surface area contributed by atoms with Crippen LogP contribution in [0.5, 0.6) is 0 Å². The average molecular weight is 365 g/mol. The molecule has 5 heteroatoms. The highest BCUT2D eigenvalue weighted by molar-refractivity contribution is 5.28. The van der Waals surface area contributed by atoms with E-state index in [0.29, 0.717) is 38.4 Å². The standard InChI is InChI=1S/C22H25N2O3/c1-25-22-18-26-13-12-24(22,27-17-20-10-6-3-7-11-20)16-21(15-23)14-19-8-4-2-5-9-19/h2-11,16,22H,12-14,17-18H2,1H3/q+1. The number of hydrogen-bond acceptors (Lipinski definition) is 4. The van der Waals surface area contributed by atoms with E-state index in [1.54, 1.807) is 7.11 Å². The smallest absolute Gasteiger partial charge is 0.251 e. The molecule has 140 valence electrons. The maximum absolute atomic E-state index is 9.72. The molecule has 2 unspecified atom stereocenters. The third kappa shape index (κ3) is 5.03. The van der Waals surface area contributed by atoms with Crippen LogP contribution < -0.4 is 0 Å². The Bertz CT molecular complexity index is 786. The molecule has 27 heavy (non-hydrogen) atoms. The number of methoxy groups -OCH3 is 1. The van der Waals surface area contributed by atoms with Gasteiger partial charge in [0.25, 0.3) is 6.23 Å². The first-order valence-electron chi connectivity index (χ1n) is 9.08. The lowest BCUT2D eigenvalue weighted by Crippen LogP contribution is -2.58. The largest absolute Gasteiger partial charge is 0.366 e. The van der Waals surface area contributed by atoms with Gasteiger partial charge in [-0.3, -0.25) is 0 Å². The van der Waals surface area contributed by atoms with E-state index in [1.807, 2.05) is 66.9 Å². The molecule has 1 aliphatic heterocycles. The number of benzene rings is 2. The van der Waals surface area contributed by atoms with Gasteiger partial charge in [-0.25, -0.2) is 0 Å². The van der Waals surface area contributed by atoms with Crippen molar-refractivity contribution in [1.29, 1.82) is 5.26 Å². The van der Waals surface area contributed by atoms with Crippen molar-refractivity contribution in [3.63, 3.8) is 0 Å². The number of nitrogens with zero attached hydrogens (tertiary/aromatic N) is 2. The summed E-state index contributed by atoms with van der Waals surface area (Å²) in [7, 11) is 1.65.